The number of carboxylic acids is 1. The first-order chi connectivity index (χ1) is 32.0. The highest BCUT2D eigenvalue weighted by atomic mass is 32.2. The molecule has 1 fully saturated rings. The minimum absolute atomic E-state index is 0.0734. The lowest BCUT2D eigenvalue weighted by Gasteiger charge is -2.49. The Bertz CT molecular complexity index is 2850. The number of benzene rings is 4. The molecule has 0 saturated carbocycles. The van der Waals surface area contributed by atoms with Gasteiger partial charge in [0.05, 0.1) is 17.4 Å². The predicted molar refractivity (Wildman–Crippen MR) is 254 cm³/mol. The smallest absolute Gasteiger partial charge is 0.353 e. The van der Waals surface area contributed by atoms with E-state index in [1.165, 1.54) is 55.4 Å². The van der Waals surface area contributed by atoms with Crippen molar-refractivity contribution in [1.82, 2.24) is 24.8 Å². The van der Waals surface area contributed by atoms with Gasteiger partial charge in [0.2, 0.25) is 5.60 Å². The number of esters is 1. The van der Waals surface area contributed by atoms with Crippen LogP contribution in [0.4, 0.5) is 5.13 Å². The third kappa shape index (κ3) is 9.35. The molecule has 6 aromatic rings. The van der Waals surface area contributed by atoms with Gasteiger partial charge in [-0.25, -0.2) is 19.6 Å². The molecule has 0 spiro atoms. The molecule has 2 amide bonds. The molecule has 16 nitrogen and oxygen atoms in total. The van der Waals surface area contributed by atoms with Crippen molar-refractivity contribution >= 4 is 68.7 Å². The highest BCUT2D eigenvalue weighted by molar-refractivity contribution is 8.00. The summed E-state index contributed by atoms with van der Waals surface area (Å²) < 4.78 is 7.27. The van der Waals surface area contributed by atoms with E-state index >= 15 is 0 Å². The summed E-state index contributed by atoms with van der Waals surface area (Å²) in [6.45, 7) is 8.28. The molecule has 2 atom stereocenters. The van der Waals surface area contributed by atoms with Gasteiger partial charge < -0.3 is 40.1 Å². The summed E-state index contributed by atoms with van der Waals surface area (Å²) >= 11 is 2.48. The maximum atomic E-state index is 14.5. The SMILES string of the molecule is CC(C)(C)OC(=O)C(C)(C)O/N=C(\C(=O)NC1C(=O)N2C(C(=O)O)=C(/C=C/Cn3cnc4cc(O)c(O)cc43)CS[C@@H]12)c1csc(NC(c2ccccc2)(c2ccccc2)c2ccccc2)n1. The first-order valence-electron chi connectivity index (χ1n) is 21.1. The molecule has 8 rings (SSSR count). The molecule has 18 heteroatoms. The van der Waals surface area contributed by atoms with Gasteiger partial charge in [-0.3, -0.25) is 14.5 Å². The van der Waals surface area contributed by atoms with Gasteiger partial charge in [-0.15, -0.1) is 23.1 Å². The van der Waals surface area contributed by atoms with Crippen molar-refractivity contribution in [3.05, 3.63) is 161 Å². The number of fused-ring (bicyclic) bond motifs is 2. The van der Waals surface area contributed by atoms with E-state index in [0.29, 0.717) is 21.7 Å². The maximum absolute atomic E-state index is 14.5. The first kappa shape index (κ1) is 46.1. The molecular weight excluding hydrogens is 895 g/mol. The number of thioether (sulfide) groups is 1. The molecule has 1 saturated heterocycles. The summed E-state index contributed by atoms with van der Waals surface area (Å²) in [5.41, 5.74) is 0.164. The van der Waals surface area contributed by atoms with Crippen LogP contribution in [0.1, 0.15) is 57.0 Å². The average Bonchev–Trinajstić information content (AvgIpc) is 3.93. The fraction of sp³-hybridized carbons (Fsp3) is 0.245. The van der Waals surface area contributed by atoms with E-state index in [-0.39, 0.29) is 40.9 Å². The number of phenolic OH excluding ortho intramolecular Hbond substituents is 2. The zero-order valence-corrected chi connectivity index (χ0v) is 38.7. The lowest BCUT2D eigenvalue weighted by molar-refractivity contribution is -0.179. The van der Waals surface area contributed by atoms with Crippen LogP contribution in [0, 0.1) is 0 Å². The van der Waals surface area contributed by atoms with Gasteiger partial charge in [0.25, 0.3) is 11.8 Å². The van der Waals surface area contributed by atoms with Crippen LogP contribution in [0.2, 0.25) is 0 Å². The van der Waals surface area contributed by atoms with Gasteiger partial charge in [-0.05, 0) is 56.9 Å². The number of nitrogens with one attached hydrogen (secondary N) is 2. The van der Waals surface area contributed by atoms with Crippen LogP contribution in [0.25, 0.3) is 11.0 Å². The highest BCUT2D eigenvalue weighted by Crippen LogP contribution is 2.42. The number of aromatic hydroxyl groups is 2. The van der Waals surface area contributed by atoms with Gasteiger partial charge in [-0.2, -0.15) is 0 Å². The summed E-state index contributed by atoms with van der Waals surface area (Å²) in [7, 11) is 0. The van der Waals surface area contributed by atoms with E-state index < -0.39 is 51.9 Å². The maximum Gasteiger partial charge on any atom is 0.353 e. The Kier molecular flexibility index (Phi) is 12.7. The normalized spacial score (nSPS) is 16.7. The molecule has 4 aromatic carbocycles. The van der Waals surface area contributed by atoms with Crippen LogP contribution in [0.3, 0.4) is 0 Å². The van der Waals surface area contributed by atoms with Gasteiger partial charge >= 0.3 is 11.9 Å². The topological polar surface area (TPSA) is 218 Å². The number of amides is 2. The molecule has 344 valence electrons. The number of carbonyl (C=O) groups is 4. The number of anilines is 1. The van der Waals surface area contributed by atoms with Crippen LogP contribution in [0.5, 0.6) is 11.5 Å². The largest absolute Gasteiger partial charge is 0.504 e. The van der Waals surface area contributed by atoms with E-state index in [1.807, 2.05) is 91.0 Å². The van der Waals surface area contributed by atoms with Crippen molar-refractivity contribution in [3.8, 4) is 11.5 Å². The first-order valence-corrected chi connectivity index (χ1v) is 23.1. The number of phenols is 2. The summed E-state index contributed by atoms with van der Waals surface area (Å²) in [5, 5.41) is 42.1. The molecule has 4 heterocycles. The molecule has 2 aliphatic heterocycles. The van der Waals surface area contributed by atoms with Crippen LogP contribution in [0.15, 0.2) is 143 Å². The highest BCUT2D eigenvalue weighted by Gasteiger charge is 2.54. The molecule has 0 radical (unpaired) electrons. The van der Waals surface area contributed by atoms with Gasteiger partial charge in [0.1, 0.15) is 33.9 Å². The summed E-state index contributed by atoms with van der Waals surface area (Å²) in [5.74, 6) is -3.98. The number of carboxylic acid groups (broad SMARTS) is 1. The number of hydrogen-bond acceptors (Lipinski definition) is 14. The quantitative estimate of drug-likeness (QED) is 0.0173. The number of oxime groups is 1. The minimum atomic E-state index is -1.66. The van der Waals surface area contributed by atoms with Crippen LogP contribution >= 0.6 is 23.1 Å². The van der Waals surface area contributed by atoms with Crippen molar-refractivity contribution in [3.63, 3.8) is 0 Å². The summed E-state index contributed by atoms with van der Waals surface area (Å²) in [4.78, 5) is 70.4. The third-order valence-corrected chi connectivity index (χ3v) is 13.0. The monoisotopic (exact) mass is 941 g/mol. The zero-order valence-electron chi connectivity index (χ0n) is 37.0. The number of thiazole rings is 1. The Morgan fingerprint density at radius 2 is 1.49 bits per heavy atom. The fourth-order valence-electron chi connectivity index (χ4n) is 7.70. The number of aromatic nitrogens is 3. The molecule has 2 aliphatic rings. The number of imidazole rings is 1. The van der Waals surface area contributed by atoms with Crippen LogP contribution in [-0.4, -0.2) is 92.6 Å². The molecular formula is C49H47N7O9S2. The second-order valence-corrected chi connectivity index (χ2v) is 19.2. The Morgan fingerprint density at radius 1 is 0.896 bits per heavy atom. The molecule has 67 heavy (non-hydrogen) atoms. The second kappa shape index (κ2) is 18.4. The van der Waals surface area contributed by atoms with Gasteiger partial charge in [-0.1, -0.05) is 108 Å². The zero-order chi connectivity index (χ0) is 47.7. The van der Waals surface area contributed by atoms with Crippen molar-refractivity contribution in [1.29, 1.82) is 0 Å². The lowest BCUT2D eigenvalue weighted by atomic mass is 9.77. The van der Waals surface area contributed by atoms with E-state index in [4.69, 9.17) is 14.6 Å². The number of rotatable bonds is 15. The van der Waals surface area contributed by atoms with Crippen LogP contribution in [-0.2, 0) is 40.8 Å². The van der Waals surface area contributed by atoms with Crippen molar-refractivity contribution in [2.24, 2.45) is 5.16 Å². The number of carbonyl (C=O) groups excluding carboxylic acids is 3. The second-order valence-electron chi connectivity index (χ2n) is 17.2. The average molecular weight is 942 g/mol. The number of allylic oxidation sites excluding steroid dienone is 2. The molecule has 0 bridgehead atoms. The lowest BCUT2D eigenvalue weighted by Crippen LogP contribution is -2.71. The Balaban J connectivity index is 1.08. The van der Waals surface area contributed by atoms with Gasteiger partial charge in [0.15, 0.2) is 22.3 Å². The van der Waals surface area contributed by atoms with E-state index in [9.17, 15) is 34.5 Å². The van der Waals surface area contributed by atoms with Crippen LogP contribution < -0.4 is 10.6 Å². The Hall–Kier alpha value is -7.44. The number of hydrogen-bond donors (Lipinski definition) is 5. The van der Waals surface area contributed by atoms with Crippen molar-refractivity contribution < 1.29 is 44.1 Å². The standard InChI is InChI=1S/C49H47N7O9S2/c1-47(2,3)64-45(63)48(4,5)65-54-38(34-27-67-46(51-34)53-49(30-17-9-6-10-18-30,31-19-11-7-12-20-31)32-21-13-8-14-22-32)41(59)52-39-42(60)56-40(44(61)62)29(26-66-43(39)56)16-15-23-55-28-50-33-24-36(57)37(58)25-35(33)55/h6-22,24-25,27-28,39,43,57-58H,23,26H2,1-5H3,(H,51,53)(H,52,59)(H,61,62)/b16-15+,54-38-/t39?,43-/m0/s1. The number of nitrogens with zero attached hydrogens (tertiary/aromatic N) is 5. The van der Waals surface area contributed by atoms with Crippen molar-refractivity contribution in [2.45, 2.75) is 69.3 Å². The molecule has 2 aromatic heterocycles. The fourth-order valence-corrected chi connectivity index (χ4v) is 9.77. The molecule has 1 unspecified atom stereocenters. The Labute approximate surface area is 393 Å². The van der Waals surface area contributed by atoms with Gasteiger partial charge in [0, 0.05) is 29.8 Å². The molecule has 5 N–H and O–H groups in total. The third-order valence-electron chi connectivity index (χ3n) is 11.0. The predicted octanol–water partition coefficient (Wildman–Crippen LogP) is 7.14. The van der Waals surface area contributed by atoms with E-state index in [0.717, 1.165) is 21.6 Å². The number of ether oxygens (including phenoxy) is 1. The number of aliphatic carboxylic acids is 1. The molecule has 0 aliphatic carbocycles. The van der Waals surface area contributed by atoms with E-state index in [1.54, 1.807) is 42.9 Å². The number of β-lactam (4-membered cyclic amide) rings is 1. The summed E-state index contributed by atoms with van der Waals surface area (Å²) in [6.07, 6.45) is 4.84. The summed E-state index contributed by atoms with van der Waals surface area (Å²) in [6, 6.07) is 31.2. The van der Waals surface area contributed by atoms with E-state index in [2.05, 4.69) is 20.8 Å². The van der Waals surface area contributed by atoms with Crippen molar-refractivity contribution in [2.75, 3.05) is 11.1 Å². The Morgan fingerprint density at radius 3 is 2.07 bits per heavy atom. The minimum Gasteiger partial charge on any atom is -0.504 e.